The zero-order valence-electron chi connectivity index (χ0n) is 17.6. The molecule has 0 N–H and O–H groups in total. The highest BCUT2D eigenvalue weighted by Gasteiger charge is 2.44. The van der Waals surface area contributed by atoms with Gasteiger partial charge in [-0.1, -0.05) is 60.7 Å². The highest BCUT2D eigenvalue weighted by Crippen LogP contribution is 2.40. The molecule has 8 heteroatoms. The van der Waals surface area contributed by atoms with E-state index in [9.17, 15) is 8.42 Å². The summed E-state index contributed by atoms with van der Waals surface area (Å²) < 4.78 is 25.6. The summed E-state index contributed by atoms with van der Waals surface area (Å²) in [6, 6.07) is 20.2. The van der Waals surface area contributed by atoms with Crippen LogP contribution in [0.1, 0.15) is 43.6 Å². The maximum absolute atomic E-state index is 12.0. The first kappa shape index (κ1) is 20.7. The quantitative estimate of drug-likeness (QED) is 0.628. The molecule has 1 aliphatic heterocycles. The van der Waals surface area contributed by atoms with Gasteiger partial charge in [0.25, 0.3) is 0 Å². The lowest BCUT2D eigenvalue weighted by Crippen LogP contribution is -2.46. The van der Waals surface area contributed by atoms with Crippen molar-refractivity contribution in [3.63, 3.8) is 0 Å². The van der Waals surface area contributed by atoms with Crippen molar-refractivity contribution in [3.05, 3.63) is 77.6 Å². The molecule has 0 spiro atoms. The Bertz CT molecular complexity index is 1100. The van der Waals surface area contributed by atoms with E-state index in [0.717, 1.165) is 11.1 Å². The van der Waals surface area contributed by atoms with Crippen molar-refractivity contribution in [1.82, 2.24) is 24.5 Å². The second-order valence-electron chi connectivity index (χ2n) is 8.44. The van der Waals surface area contributed by atoms with Crippen molar-refractivity contribution < 1.29 is 8.42 Å². The predicted octanol–water partition coefficient (Wildman–Crippen LogP) is 2.80. The Hall–Kier alpha value is -2.58. The maximum Gasteiger partial charge on any atom is 0.211 e. The number of piperidine rings is 1. The molecule has 1 fully saturated rings. The maximum atomic E-state index is 12.0. The van der Waals surface area contributed by atoms with E-state index >= 15 is 0 Å². The average molecular weight is 426 g/mol. The minimum absolute atomic E-state index is 0.435. The summed E-state index contributed by atoms with van der Waals surface area (Å²) in [6.45, 7) is 5.00. The van der Waals surface area contributed by atoms with Gasteiger partial charge in [-0.3, -0.25) is 0 Å². The number of aromatic nitrogens is 4. The molecule has 7 nitrogen and oxygen atoms in total. The normalized spacial score (nSPS) is 17.7. The predicted molar refractivity (Wildman–Crippen MR) is 116 cm³/mol. The molecule has 0 radical (unpaired) electrons. The average Bonchev–Trinajstić information content (AvgIpc) is 3.26. The topological polar surface area (TPSA) is 81.0 Å². The van der Waals surface area contributed by atoms with Gasteiger partial charge in [-0.05, 0) is 43.0 Å². The van der Waals surface area contributed by atoms with Gasteiger partial charge in [-0.15, -0.1) is 10.2 Å². The van der Waals surface area contributed by atoms with Crippen LogP contribution < -0.4 is 0 Å². The summed E-state index contributed by atoms with van der Waals surface area (Å²) in [7, 11) is -3.22. The van der Waals surface area contributed by atoms with E-state index in [1.807, 2.05) is 36.4 Å². The third kappa shape index (κ3) is 3.65. The number of nitrogens with zero attached hydrogens (tertiary/aromatic N) is 5. The summed E-state index contributed by atoms with van der Waals surface area (Å²) in [6.07, 6.45) is 2.49. The van der Waals surface area contributed by atoms with Crippen molar-refractivity contribution in [2.75, 3.05) is 19.3 Å². The highest BCUT2D eigenvalue weighted by molar-refractivity contribution is 7.88. The molecule has 0 aliphatic carbocycles. The van der Waals surface area contributed by atoms with E-state index in [1.165, 1.54) is 10.6 Å². The Labute approximate surface area is 177 Å². The molecule has 3 aromatic rings. The Morgan fingerprint density at radius 2 is 1.50 bits per heavy atom. The van der Waals surface area contributed by atoms with Crippen LogP contribution in [0.15, 0.2) is 60.7 Å². The smallest absolute Gasteiger partial charge is 0.211 e. The van der Waals surface area contributed by atoms with Gasteiger partial charge in [0.2, 0.25) is 10.0 Å². The Morgan fingerprint density at radius 3 is 2.07 bits per heavy atom. The Balaban J connectivity index is 1.74. The first-order chi connectivity index (χ1) is 14.2. The van der Waals surface area contributed by atoms with Gasteiger partial charge in [0.1, 0.15) is 5.54 Å². The van der Waals surface area contributed by atoms with Gasteiger partial charge >= 0.3 is 0 Å². The van der Waals surface area contributed by atoms with Gasteiger partial charge in [0, 0.05) is 13.1 Å². The lowest BCUT2D eigenvalue weighted by Gasteiger charge is -2.39. The molecule has 2 aromatic carbocycles. The van der Waals surface area contributed by atoms with Crippen molar-refractivity contribution in [2.24, 2.45) is 0 Å². The van der Waals surface area contributed by atoms with E-state index < -0.39 is 21.0 Å². The van der Waals surface area contributed by atoms with E-state index in [4.69, 9.17) is 5.10 Å². The van der Waals surface area contributed by atoms with Crippen LogP contribution in [0.5, 0.6) is 0 Å². The second kappa shape index (κ2) is 7.59. The molecule has 1 aliphatic rings. The van der Waals surface area contributed by atoms with Crippen LogP contribution in [0, 0.1) is 0 Å². The number of sulfonamides is 1. The van der Waals surface area contributed by atoms with Crippen LogP contribution in [0.2, 0.25) is 0 Å². The van der Waals surface area contributed by atoms with Crippen LogP contribution >= 0.6 is 0 Å². The molecular formula is C22H27N5O2S. The highest BCUT2D eigenvalue weighted by atomic mass is 32.2. The SMILES string of the molecule is CC(C)(c1ccccc1)n1nnc(C2(c3ccccc3)CCN(S(C)(=O)=O)CC2)n1. The molecule has 0 bridgehead atoms. The second-order valence-corrected chi connectivity index (χ2v) is 10.4. The van der Waals surface area contributed by atoms with E-state index in [0.29, 0.717) is 31.8 Å². The Morgan fingerprint density at radius 1 is 0.933 bits per heavy atom. The molecular weight excluding hydrogens is 398 g/mol. The summed E-state index contributed by atoms with van der Waals surface area (Å²) >= 11 is 0. The fourth-order valence-electron chi connectivity index (χ4n) is 4.20. The summed E-state index contributed by atoms with van der Waals surface area (Å²) in [5, 5.41) is 13.7. The van der Waals surface area contributed by atoms with Gasteiger partial charge in [-0.2, -0.15) is 4.80 Å². The van der Waals surface area contributed by atoms with Gasteiger partial charge in [0.05, 0.1) is 11.7 Å². The monoisotopic (exact) mass is 425 g/mol. The zero-order chi connectivity index (χ0) is 21.4. The third-order valence-corrected chi connectivity index (χ3v) is 7.50. The van der Waals surface area contributed by atoms with Crippen LogP contribution in [0.25, 0.3) is 0 Å². The fourth-order valence-corrected chi connectivity index (χ4v) is 5.05. The van der Waals surface area contributed by atoms with Gasteiger partial charge in [-0.25, -0.2) is 12.7 Å². The Kier molecular flexibility index (Phi) is 5.23. The third-order valence-electron chi connectivity index (χ3n) is 6.19. The molecule has 0 saturated carbocycles. The summed E-state index contributed by atoms with van der Waals surface area (Å²) in [5.74, 6) is 0.644. The van der Waals surface area contributed by atoms with E-state index in [-0.39, 0.29) is 0 Å². The molecule has 0 unspecified atom stereocenters. The van der Waals surface area contributed by atoms with Crippen LogP contribution in [0.4, 0.5) is 0 Å². The van der Waals surface area contributed by atoms with Crippen molar-refractivity contribution in [2.45, 2.75) is 37.6 Å². The molecule has 0 atom stereocenters. The van der Waals surface area contributed by atoms with Crippen molar-refractivity contribution >= 4 is 10.0 Å². The minimum Gasteiger partial charge on any atom is -0.213 e. The zero-order valence-corrected chi connectivity index (χ0v) is 18.4. The first-order valence-corrected chi connectivity index (χ1v) is 12.0. The van der Waals surface area contributed by atoms with Crippen LogP contribution in [-0.4, -0.2) is 52.3 Å². The molecule has 2 heterocycles. The number of hydrogen-bond donors (Lipinski definition) is 0. The molecule has 0 amide bonds. The first-order valence-electron chi connectivity index (χ1n) is 10.1. The van der Waals surface area contributed by atoms with E-state index in [1.54, 1.807) is 4.80 Å². The lowest BCUT2D eigenvalue weighted by atomic mass is 9.72. The van der Waals surface area contributed by atoms with Crippen LogP contribution in [-0.2, 0) is 21.0 Å². The molecule has 1 saturated heterocycles. The number of tetrazole rings is 1. The summed E-state index contributed by atoms with van der Waals surface area (Å²) in [5.41, 5.74) is 1.26. The molecule has 4 rings (SSSR count). The van der Waals surface area contributed by atoms with Crippen molar-refractivity contribution in [1.29, 1.82) is 0 Å². The molecule has 1 aromatic heterocycles. The minimum atomic E-state index is -3.22. The van der Waals surface area contributed by atoms with E-state index in [2.05, 4.69) is 48.4 Å². The standard InChI is InChI=1S/C22H27N5O2S/c1-21(2,18-10-6-4-7-11-18)27-24-20(23-25-27)22(19-12-8-5-9-13-19)14-16-26(17-15-22)30(3,28)29/h4-13H,14-17H2,1-3H3. The molecule has 30 heavy (non-hydrogen) atoms. The fraction of sp³-hybridized carbons (Fsp3) is 0.409. The van der Waals surface area contributed by atoms with Crippen LogP contribution in [0.3, 0.4) is 0 Å². The van der Waals surface area contributed by atoms with Gasteiger partial charge < -0.3 is 0 Å². The van der Waals surface area contributed by atoms with Crippen molar-refractivity contribution in [3.8, 4) is 0 Å². The summed E-state index contributed by atoms with van der Waals surface area (Å²) in [4.78, 5) is 1.67. The number of rotatable bonds is 5. The molecule has 158 valence electrons. The number of benzene rings is 2. The van der Waals surface area contributed by atoms with Gasteiger partial charge in [0.15, 0.2) is 5.82 Å². The number of hydrogen-bond acceptors (Lipinski definition) is 5. The largest absolute Gasteiger partial charge is 0.213 e. The lowest BCUT2D eigenvalue weighted by molar-refractivity contribution is 0.255.